The van der Waals surface area contributed by atoms with Crippen molar-refractivity contribution in [1.82, 2.24) is 0 Å². The monoisotopic (exact) mass is 197 g/mol. The van der Waals surface area contributed by atoms with Crippen LogP contribution < -0.4 is 0 Å². The summed E-state index contributed by atoms with van der Waals surface area (Å²) in [5.41, 5.74) is 0.795. The highest BCUT2D eigenvalue weighted by Crippen LogP contribution is 2.19. The summed E-state index contributed by atoms with van der Waals surface area (Å²) in [5, 5.41) is 1.63. The predicted molar refractivity (Wildman–Crippen MR) is 51.3 cm³/mol. The summed E-state index contributed by atoms with van der Waals surface area (Å²) < 4.78 is 0. The highest BCUT2D eigenvalue weighted by molar-refractivity contribution is 7.78. The molecule has 0 spiro atoms. The quantitative estimate of drug-likeness (QED) is 0.415. The molecule has 0 bridgehead atoms. The van der Waals surface area contributed by atoms with Crippen LogP contribution in [0.1, 0.15) is 10.4 Å². The van der Waals surface area contributed by atoms with Crippen molar-refractivity contribution < 1.29 is 4.79 Å². The third-order valence-corrected chi connectivity index (χ3v) is 1.58. The number of rotatable bonds is 2. The summed E-state index contributed by atoms with van der Waals surface area (Å²) in [4.78, 5) is 14.5. The molecule has 4 heteroatoms. The molecule has 1 aromatic carbocycles. The van der Waals surface area contributed by atoms with Crippen LogP contribution in [0.25, 0.3) is 0 Å². The Balaban J connectivity index is 3.26. The van der Waals surface area contributed by atoms with Gasteiger partial charge in [0, 0.05) is 0 Å². The van der Waals surface area contributed by atoms with Crippen molar-refractivity contribution in [3.8, 4) is 0 Å². The maximum Gasteiger partial charge on any atom is 0.254 e. The molecule has 12 heavy (non-hydrogen) atoms. The summed E-state index contributed by atoms with van der Waals surface area (Å²) in [6.45, 7) is 0. The lowest BCUT2D eigenvalue weighted by Crippen LogP contribution is -1.87. The number of thiocarbonyl (C=S) groups is 1. The third-order valence-electron chi connectivity index (χ3n) is 1.28. The van der Waals surface area contributed by atoms with Crippen LogP contribution >= 0.6 is 23.8 Å². The van der Waals surface area contributed by atoms with Crippen molar-refractivity contribution >= 4 is 39.9 Å². The van der Waals surface area contributed by atoms with Crippen molar-refractivity contribution in [2.75, 3.05) is 0 Å². The lowest BCUT2D eigenvalue weighted by molar-refractivity contribution is 0.108. The smallest absolute Gasteiger partial charge is 0.254 e. The van der Waals surface area contributed by atoms with Gasteiger partial charge in [-0.05, 0) is 36.0 Å². The van der Waals surface area contributed by atoms with Gasteiger partial charge in [0.1, 0.15) is 0 Å². The fourth-order valence-corrected chi connectivity index (χ4v) is 1.04. The maximum absolute atomic E-state index is 10.8. The van der Waals surface area contributed by atoms with Crippen molar-refractivity contribution in [3.05, 3.63) is 29.8 Å². The molecule has 0 aliphatic rings. The predicted octanol–water partition coefficient (Wildman–Crippen LogP) is 2.80. The molecule has 0 radical (unpaired) electrons. The van der Waals surface area contributed by atoms with Gasteiger partial charge in [-0.3, -0.25) is 4.79 Å². The maximum atomic E-state index is 10.8. The first kappa shape index (κ1) is 9.07. The number of benzene rings is 1. The van der Waals surface area contributed by atoms with E-state index in [4.69, 9.17) is 11.6 Å². The van der Waals surface area contributed by atoms with E-state index in [2.05, 4.69) is 22.4 Å². The Morgan fingerprint density at radius 3 is 2.75 bits per heavy atom. The largest absolute Gasteiger partial charge is 0.276 e. The summed E-state index contributed by atoms with van der Waals surface area (Å²) in [6.07, 6.45) is 0. The Morgan fingerprint density at radius 2 is 2.17 bits per heavy atom. The summed E-state index contributed by atoms with van der Waals surface area (Å²) in [7, 11) is 0. The van der Waals surface area contributed by atoms with Crippen LogP contribution in [0.4, 0.5) is 5.69 Å². The number of halogens is 1. The van der Waals surface area contributed by atoms with Crippen LogP contribution in [0.2, 0.25) is 0 Å². The molecule has 1 aromatic rings. The molecule has 0 aromatic heterocycles. The van der Waals surface area contributed by atoms with Crippen molar-refractivity contribution in [3.63, 3.8) is 0 Å². The molecular weight excluding hydrogens is 194 g/mol. The topological polar surface area (TPSA) is 29.4 Å². The molecule has 1 rings (SSSR count). The highest BCUT2D eigenvalue weighted by Gasteiger charge is 2.05. The van der Waals surface area contributed by atoms with Gasteiger partial charge in [-0.1, -0.05) is 12.1 Å². The first-order valence-electron chi connectivity index (χ1n) is 3.12. The van der Waals surface area contributed by atoms with Crippen LogP contribution in [0, 0.1) is 0 Å². The van der Waals surface area contributed by atoms with Crippen LogP contribution in [-0.4, -0.2) is 10.4 Å². The minimum Gasteiger partial charge on any atom is -0.276 e. The van der Waals surface area contributed by atoms with Gasteiger partial charge in [-0.15, -0.1) is 0 Å². The summed E-state index contributed by atoms with van der Waals surface area (Å²) >= 11 is 9.69. The SMILES string of the molecule is O=C(Cl)c1ccccc1N=C=S. The number of carbonyl (C=O) groups excluding carboxylic acids is 1. The van der Waals surface area contributed by atoms with E-state index in [0.29, 0.717) is 11.3 Å². The number of para-hydroxylation sites is 1. The Morgan fingerprint density at radius 1 is 1.50 bits per heavy atom. The van der Waals surface area contributed by atoms with Gasteiger partial charge in [-0.25, -0.2) is 0 Å². The molecule has 0 fully saturated rings. The molecule has 0 atom stereocenters. The summed E-state index contributed by atoms with van der Waals surface area (Å²) in [5.74, 6) is 0. The van der Waals surface area contributed by atoms with E-state index < -0.39 is 5.24 Å². The fourth-order valence-electron chi connectivity index (χ4n) is 0.787. The van der Waals surface area contributed by atoms with Crippen molar-refractivity contribution in [2.24, 2.45) is 4.99 Å². The van der Waals surface area contributed by atoms with Crippen molar-refractivity contribution in [2.45, 2.75) is 0 Å². The van der Waals surface area contributed by atoms with E-state index in [-0.39, 0.29) is 0 Å². The van der Waals surface area contributed by atoms with Crippen LogP contribution in [0.5, 0.6) is 0 Å². The lowest BCUT2D eigenvalue weighted by atomic mass is 10.2. The second-order valence-electron chi connectivity index (χ2n) is 1.99. The van der Waals surface area contributed by atoms with Crippen LogP contribution in [0.15, 0.2) is 29.3 Å². The van der Waals surface area contributed by atoms with Gasteiger partial charge >= 0.3 is 0 Å². The van der Waals surface area contributed by atoms with E-state index in [1.54, 1.807) is 24.3 Å². The van der Waals surface area contributed by atoms with Gasteiger partial charge in [0.2, 0.25) is 0 Å². The fraction of sp³-hybridized carbons (Fsp3) is 0. The molecule has 0 heterocycles. The first-order chi connectivity index (χ1) is 5.75. The zero-order valence-electron chi connectivity index (χ0n) is 5.95. The van der Waals surface area contributed by atoms with E-state index in [1.165, 1.54) is 0 Å². The number of isothiocyanates is 1. The Hall–Kier alpha value is -1.02. The van der Waals surface area contributed by atoms with E-state index >= 15 is 0 Å². The highest BCUT2D eigenvalue weighted by atomic mass is 35.5. The van der Waals surface area contributed by atoms with E-state index in [1.807, 2.05) is 0 Å². The van der Waals surface area contributed by atoms with Gasteiger partial charge in [0.15, 0.2) is 0 Å². The van der Waals surface area contributed by atoms with Crippen LogP contribution in [0.3, 0.4) is 0 Å². The Bertz CT molecular complexity index is 337. The summed E-state index contributed by atoms with van der Waals surface area (Å²) in [6, 6.07) is 6.68. The van der Waals surface area contributed by atoms with Crippen LogP contribution in [-0.2, 0) is 0 Å². The van der Waals surface area contributed by atoms with E-state index in [9.17, 15) is 4.79 Å². The second-order valence-corrected chi connectivity index (χ2v) is 2.52. The first-order valence-corrected chi connectivity index (χ1v) is 3.91. The number of hydrogen-bond acceptors (Lipinski definition) is 3. The molecule has 0 aliphatic heterocycles. The van der Waals surface area contributed by atoms with Gasteiger partial charge in [0.05, 0.1) is 16.4 Å². The average Bonchev–Trinajstić information content (AvgIpc) is 2.05. The number of nitrogens with zero attached hydrogens (tertiary/aromatic N) is 1. The molecule has 0 N–H and O–H groups in total. The second kappa shape index (κ2) is 4.12. The Kier molecular flexibility index (Phi) is 3.11. The number of carbonyl (C=O) groups is 1. The van der Waals surface area contributed by atoms with Gasteiger partial charge in [-0.2, -0.15) is 4.99 Å². The van der Waals surface area contributed by atoms with E-state index in [0.717, 1.165) is 0 Å². The third kappa shape index (κ3) is 1.98. The number of hydrogen-bond donors (Lipinski definition) is 0. The molecule has 0 amide bonds. The molecule has 60 valence electrons. The lowest BCUT2D eigenvalue weighted by Gasteiger charge is -1.95. The minimum absolute atomic E-state index is 0.344. The molecule has 0 unspecified atom stereocenters. The zero-order valence-corrected chi connectivity index (χ0v) is 7.52. The molecule has 0 saturated carbocycles. The van der Waals surface area contributed by atoms with Gasteiger partial charge in [0.25, 0.3) is 5.24 Å². The standard InChI is InChI=1S/C8H4ClNOS/c9-8(11)6-3-1-2-4-7(6)10-5-12/h1-4H. The molecule has 0 saturated heterocycles. The normalized spacial score (nSPS) is 8.75. The zero-order chi connectivity index (χ0) is 8.97. The molecular formula is C8H4ClNOS. The Labute approximate surface area is 79.9 Å². The molecule has 0 aliphatic carbocycles. The number of aliphatic imine (C=N–C) groups is 1. The minimum atomic E-state index is -0.542. The van der Waals surface area contributed by atoms with Crippen molar-refractivity contribution in [1.29, 1.82) is 0 Å². The average molecular weight is 198 g/mol. The molecule has 2 nitrogen and oxygen atoms in total. The van der Waals surface area contributed by atoms with Gasteiger partial charge < -0.3 is 0 Å².